The summed E-state index contributed by atoms with van der Waals surface area (Å²) in [5, 5.41) is 14.4. The highest BCUT2D eigenvalue weighted by molar-refractivity contribution is 6.01. The summed E-state index contributed by atoms with van der Waals surface area (Å²) in [6.45, 7) is 1.47. The Hall–Kier alpha value is -2.12. The second kappa shape index (κ2) is 6.55. The van der Waals surface area contributed by atoms with Crippen LogP contribution in [0.5, 0.6) is 0 Å². The molecule has 4 N–H and O–H groups in total. The van der Waals surface area contributed by atoms with Crippen LogP contribution in [0.1, 0.15) is 22.3 Å². The maximum Gasteiger partial charge on any atom is 0.251 e. The summed E-state index contributed by atoms with van der Waals surface area (Å²) in [4.78, 5) is 12.2. The summed E-state index contributed by atoms with van der Waals surface area (Å²) in [7, 11) is 1.61. The lowest BCUT2D eigenvalue weighted by atomic mass is 10.0. The van der Waals surface area contributed by atoms with E-state index in [-0.39, 0.29) is 11.7 Å². The summed E-state index contributed by atoms with van der Waals surface area (Å²) < 4.78 is 10.8. The summed E-state index contributed by atoms with van der Waals surface area (Å²) in [5.74, 6) is -0.284. The lowest BCUT2D eigenvalue weighted by molar-refractivity contribution is -0.0148. The number of amides is 1. The highest BCUT2D eigenvalue weighted by Gasteiger charge is 2.35. The van der Waals surface area contributed by atoms with Crippen molar-refractivity contribution < 1.29 is 19.5 Å². The molecule has 2 rings (SSSR count). The number of hydrogen-bond acceptors (Lipinski definition) is 5. The number of rotatable bonds is 5. The quantitative estimate of drug-likeness (QED) is 0.314. The van der Waals surface area contributed by atoms with E-state index in [1.807, 2.05) is 0 Å². The van der Waals surface area contributed by atoms with Crippen molar-refractivity contribution in [2.45, 2.75) is 12.0 Å². The van der Waals surface area contributed by atoms with Gasteiger partial charge >= 0.3 is 0 Å². The average molecular weight is 293 g/mol. The minimum Gasteiger partial charge on any atom is -0.409 e. The topological polar surface area (TPSA) is 106 Å². The fourth-order valence-corrected chi connectivity index (χ4v) is 2.18. The second-order valence-corrected chi connectivity index (χ2v) is 4.94. The first-order valence-electron chi connectivity index (χ1n) is 6.59. The van der Waals surface area contributed by atoms with Crippen LogP contribution >= 0.6 is 0 Å². The van der Waals surface area contributed by atoms with Gasteiger partial charge in [-0.05, 0) is 12.1 Å². The highest BCUT2D eigenvalue weighted by Crippen LogP contribution is 2.21. The lowest BCUT2D eigenvalue weighted by Gasteiger charge is -2.25. The molecule has 114 valence electrons. The zero-order valence-electron chi connectivity index (χ0n) is 11.8. The number of oxime groups is 1. The minimum atomic E-state index is -0.459. The van der Waals surface area contributed by atoms with Gasteiger partial charge in [0.1, 0.15) is 5.60 Å². The molecule has 1 atom stereocenters. The van der Waals surface area contributed by atoms with Gasteiger partial charge in [0, 0.05) is 37.8 Å². The van der Waals surface area contributed by atoms with Gasteiger partial charge in [0.05, 0.1) is 6.61 Å². The molecule has 0 spiro atoms. The van der Waals surface area contributed by atoms with E-state index in [1.165, 1.54) is 0 Å². The minimum absolute atomic E-state index is 0.0396. The molecule has 0 bridgehead atoms. The molecule has 21 heavy (non-hydrogen) atoms. The summed E-state index contributed by atoms with van der Waals surface area (Å²) in [6, 6.07) is 6.56. The molecule has 7 heteroatoms. The predicted molar refractivity (Wildman–Crippen MR) is 76.5 cm³/mol. The van der Waals surface area contributed by atoms with Crippen LogP contribution in [-0.2, 0) is 9.47 Å². The van der Waals surface area contributed by atoms with Crippen molar-refractivity contribution in [3.8, 4) is 0 Å². The van der Waals surface area contributed by atoms with E-state index in [0.29, 0.717) is 30.9 Å². The first-order valence-corrected chi connectivity index (χ1v) is 6.59. The van der Waals surface area contributed by atoms with E-state index in [2.05, 4.69) is 10.5 Å². The van der Waals surface area contributed by atoms with Crippen molar-refractivity contribution in [2.24, 2.45) is 10.9 Å². The Labute approximate surface area is 122 Å². The molecule has 7 nitrogen and oxygen atoms in total. The number of methoxy groups -OCH3 is 1. The molecule has 1 unspecified atom stereocenters. The Morgan fingerprint density at radius 3 is 2.95 bits per heavy atom. The fraction of sp³-hybridized carbons (Fsp3) is 0.429. The number of benzene rings is 1. The average Bonchev–Trinajstić information content (AvgIpc) is 3.01. The van der Waals surface area contributed by atoms with Crippen molar-refractivity contribution in [3.63, 3.8) is 0 Å². The molecule has 1 aromatic carbocycles. The highest BCUT2D eigenvalue weighted by atomic mass is 16.5. The van der Waals surface area contributed by atoms with Crippen molar-refractivity contribution in [2.75, 3.05) is 26.9 Å². The number of carbonyl (C=O) groups is 1. The van der Waals surface area contributed by atoms with E-state index in [0.717, 1.165) is 6.42 Å². The van der Waals surface area contributed by atoms with E-state index in [1.54, 1.807) is 31.4 Å². The fourth-order valence-electron chi connectivity index (χ4n) is 2.18. The van der Waals surface area contributed by atoms with Crippen LogP contribution in [0.15, 0.2) is 29.4 Å². The first kappa shape index (κ1) is 15.3. The Morgan fingerprint density at radius 1 is 1.57 bits per heavy atom. The molecular weight excluding hydrogens is 274 g/mol. The van der Waals surface area contributed by atoms with Crippen LogP contribution in [0.2, 0.25) is 0 Å². The normalized spacial score (nSPS) is 22.2. The standard InChI is InChI=1S/C14H19N3O4/c1-20-14(5-6-21-9-14)8-16-13(18)11-4-2-3-10(7-11)12(15)17-19/h2-4,7,19H,5-6,8-9H2,1H3,(H2,15,17)(H,16,18). The lowest BCUT2D eigenvalue weighted by Crippen LogP contribution is -2.45. The Bertz CT molecular complexity index is 539. The van der Waals surface area contributed by atoms with Gasteiger partial charge in [-0.2, -0.15) is 0 Å². The summed E-state index contributed by atoms with van der Waals surface area (Å²) in [5.41, 5.74) is 5.97. The molecule has 0 radical (unpaired) electrons. The molecule has 1 aliphatic rings. The number of nitrogens with two attached hydrogens (primary N) is 1. The third kappa shape index (κ3) is 3.50. The predicted octanol–water partition coefficient (Wildman–Crippen LogP) is 0.316. The number of carbonyl (C=O) groups excluding carboxylic acids is 1. The van der Waals surface area contributed by atoms with E-state index < -0.39 is 5.60 Å². The van der Waals surface area contributed by atoms with Crippen molar-refractivity contribution in [1.29, 1.82) is 0 Å². The summed E-state index contributed by atoms with van der Waals surface area (Å²) >= 11 is 0. The summed E-state index contributed by atoms with van der Waals surface area (Å²) in [6.07, 6.45) is 0.744. The van der Waals surface area contributed by atoms with Crippen molar-refractivity contribution in [1.82, 2.24) is 5.32 Å². The zero-order chi connectivity index (χ0) is 15.3. The van der Waals surface area contributed by atoms with E-state index >= 15 is 0 Å². The maximum atomic E-state index is 12.2. The van der Waals surface area contributed by atoms with Crippen LogP contribution in [-0.4, -0.2) is 49.4 Å². The SMILES string of the molecule is COC1(CNC(=O)c2cccc(/C(N)=N/O)c2)CCOC1. The molecule has 1 heterocycles. The van der Waals surface area contributed by atoms with Crippen LogP contribution in [0, 0.1) is 0 Å². The smallest absolute Gasteiger partial charge is 0.251 e. The molecule has 0 saturated carbocycles. The van der Waals surface area contributed by atoms with Crippen LogP contribution in [0.25, 0.3) is 0 Å². The number of hydrogen-bond donors (Lipinski definition) is 3. The first-order chi connectivity index (χ1) is 10.1. The molecule has 1 fully saturated rings. The molecule has 1 amide bonds. The molecule has 1 aromatic rings. The van der Waals surface area contributed by atoms with E-state index in [4.69, 9.17) is 20.4 Å². The third-order valence-electron chi connectivity index (χ3n) is 3.60. The van der Waals surface area contributed by atoms with Gasteiger partial charge in [-0.15, -0.1) is 0 Å². The maximum absolute atomic E-state index is 12.2. The number of nitrogens with zero attached hydrogens (tertiary/aromatic N) is 1. The molecule has 1 saturated heterocycles. The Morgan fingerprint density at radius 2 is 2.33 bits per heavy atom. The molecular formula is C14H19N3O4. The number of nitrogens with one attached hydrogen (secondary N) is 1. The Kier molecular flexibility index (Phi) is 4.77. The van der Waals surface area contributed by atoms with Crippen molar-refractivity contribution >= 4 is 11.7 Å². The van der Waals surface area contributed by atoms with Crippen LogP contribution < -0.4 is 11.1 Å². The monoisotopic (exact) mass is 293 g/mol. The van der Waals surface area contributed by atoms with Crippen LogP contribution in [0.4, 0.5) is 0 Å². The number of amidine groups is 1. The van der Waals surface area contributed by atoms with Gasteiger partial charge in [0.2, 0.25) is 0 Å². The Balaban J connectivity index is 2.03. The third-order valence-corrected chi connectivity index (χ3v) is 3.60. The van der Waals surface area contributed by atoms with Gasteiger partial charge in [-0.25, -0.2) is 0 Å². The molecule has 0 aromatic heterocycles. The van der Waals surface area contributed by atoms with Gasteiger partial charge < -0.3 is 25.7 Å². The van der Waals surface area contributed by atoms with Gasteiger partial charge in [-0.3, -0.25) is 4.79 Å². The van der Waals surface area contributed by atoms with Crippen molar-refractivity contribution in [3.05, 3.63) is 35.4 Å². The van der Waals surface area contributed by atoms with E-state index in [9.17, 15) is 4.79 Å². The number of ether oxygens (including phenoxy) is 2. The van der Waals surface area contributed by atoms with Gasteiger partial charge in [0.25, 0.3) is 5.91 Å². The molecule has 0 aliphatic carbocycles. The zero-order valence-corrected chi connectivity index (χ0v) is 11.8. The van der Waals surface area contributed by atoms with Gasteiger partial charge in [-0.1, -0.05) is 17.3 Å². The largest absolute Gasteiger partial charge is 0.409 e. The van der Waals surface area contributed by atoms with Gasteiger partial charge in [0.15, 0.2) is 5.84 Å². The second-order valence-electron chi connectivity index (χ2n) is 4.94. The van der Waals surface area contributed by atoms with Crippen LogP contribution in [0.3, 0.4) is 0 Å². The molecule has 1 aliphatic heterocycles.